The molecule has 0 saturated carbocycles. The second kappa shape index (κ2) is 8.17. The Balaban J connectivity index is 1.76. The number of imidazole rings is 1. The molecule has 2 rings (SSSR count). The van der Waals surface area contributed by atoms with Gasteiger partial charge in [-0.3, -0.25) is 4.79 Å². The van der Waals surface area contributed by atoms with Crippen LogP contribution in [0, 0.1) is 0 Å². The lowest BCUT2D eigenvalue weighted by molar-refractivity contribution is -0.121. The number of aryl methyl sites for hydroxylation is 1. The lowest BCUT2D eigenvalue weighted by atomic mass is 10.1. The van der Waals surface area contributed by atoms with Gasteiger partial charge in [0.1, 0.15) is 0 Å². The molecule has 7 heteroatoms. The molecule has 0 aliphatic heterocycles. The number of carbonyl (C=O) groups excluding carboxylic acids is 1. The SMILES string of the molecule is O=C(CCCn1ccnc1)NCC(O)c1c(Cl)cccc1Cl. The molecule has 0 aliphatic carbocycles. The molecule has 0 radical (unpaired) electrons. The minimum absolute atomic E-state index is 0.0767. The van der Waals surface area contributed by atoms with Crippen molar-refractivity contribution in [2.45, 2.75) is 25.5 Å². The number of halogens is 2. The van der Waals surface area contributed by atoms with Crippen LogP contribution in [0.4, 0.5) is 0 Å². The highest BCUT2D eigenvalue weighted by Crippen LogP contribution is 2.29. The van der Waals surface area contributed by atoms with Crippen molar-refractivity contribution in [3.8, 4) is 0 Å². The van der Waals surface area contributed by atoms with E-state index in [-0.39, 0.29) is 12.5 Å². The smallest absolute Gasteiger partial charge is 0.220 e. The number of aromatic nitrogens is 2. The minimum atomic E-state index is -0.932. The van der Waals surface area contributed by atoms with Crippen molar-refractivity contribution in [2.24, 2.45) is 0 Å². The van der Waals surface area contributed by atoms with Crippen molar-refractivity contribution in [2.75, 3.05) is 6.54 Å². The Labute approximate surface area is 138 Å². The molecule has 0 fully saturated rings. The second-order valence-electron chi connectivity index (χ2n) is 4.86. The monoisotopic (exact) mass is 341 g/mol. The van der Waals surface area contributed by atoms with Crippen LogP contribution in [0.25, 0.3) is 0 Å². The van der Waals surface area contributed by atoms with Crippen LogP contribution in [0.2, 0.25) is 10.0 Å². The summed E-state index contributed by atoms with van der Waals surface area (Å²) in [6.45, 7) is 0.805. The van der Waals surface area contributed by atoms with Gasteiger partial charge in [0.2, 0.25) is 5.91 Å². The summed E-state index contributed by atoms with van der Waals surface area (Å²) in [5.41, 5.74) is 0.435. The Hall–Kier alpha value is -1.56. The Morgan fingerprint density at radius 2 is 2.09 bits per heavy atom. The van der Waals surface area contributed by atoms with Crippen molar-refractivity contribution in [1.29, 1.82) is 0 Å². The second-order valence-corrected chi connectivity index (χ2v) is 5.67. The van der Waals surface area contributed by atoms with Crippen molar-refractivity contribution in [3.05, 3.63) is 52.5 Å². The van der Waals surface area contributed by atoms with Crippen LogP contribution in [-0.4, -0.2) is 27.1 Å². The van der Waals surface area contributed by atoms with Gasteiger partial charge in [-0.2, -0.15) is 0 Å². The lowest BCUT2D eigenvalue weighted by Crippen LogP contribution is -2.28. The number of aliphatic hydroxyl groups is 1. The highest BCUT2D eigenvalue weighted by atomic mass is 35.5. The first kappa shape index (κ1) is 16.8. The van der Waals surface area contributed by atoms with Gasteiger partial charge in [0.15, 0.2) is 0 Å². The van der Waals surface area contributed by atoms with Crippen molar-refractivity contribution in [3.63, 3.8) is 0 Å². The lowest BCUT2D eigenvalue weighted by Gasteiger charge is -2.15. The number of nitrogens with zero attached hydrogens (tertiary/aromatic N) is 2. The zero-order valence-electron chi connectivity index (χ0n) is 11.9. The molecule has 0 saturated heterocycles. The van der Waals surface area contributed by atoms with Crippen LogP contribution in [0.5, 0.6) is 0 Å². The fourth-order valence-electron chi connectivity index (χ4n) is 2.07. The van der Waals surface area contributed by atoms with Crippen molar-refractivity contribution in [1.82, 2.24) is 14.9 Å². The van der Waals surface area contributed by atoms with Gasteiger partial charge in [-0.05, 0) is 18.6 Å². The molecule has 1 heterocycles. The molecule has 1 atom stereocenters. The fourth-order valence-corrected chi connectivity index (χ4v) is 2.72. The number of hydrogen-bond donors (Lipinski definition) is 2. The fraction of sp³-hybridized carbons (Fsp3) is 0.333. The van der Waals surface area contributed by atoms with Crippen LogP contribution in [0.1, 0.15) is 24.5 Å². The third-order valence-corrected chi connectivity index (χ3v) is 3.86. The summed E-state index contributed by atoms with van der Waals surface area (Å²) in [5.74, 6) is -0.123. The third-order valence-electron chi connectivity index (χ3n) is 3.20. The third kappa shape index (κ3) is 4.73. The van der Waals surface area contributed by atoms with Gasteiger partial charge < -0.3 is 15.0 Å². The molecular weight excluding hydrogens is 325 g/mol. The summed E-state index contributed by atoms with van der Waals surface area (Å²) in [5, 5.41) is 13.6. The average Bonchev–Trinajstić information content (AvgIpc) is 2.98. The molecule has 5 nitrogen and oxygen atoms in total. The van der Waals surface area contributed by atoms with Gasteiger partial charge >= 0.3 is 0 Å². The molecule has 22 heavy (non-hydrogen) atoms. The van der Waals surface area contributed by atoms with E-state index in [4.69, 9.17) is 23.2 Å². The Bertz CT molecular complexity index is 597. The summed E-state index contributed by atoms with van der Waals surface area (Å²) >= 11 is 12.0. The summed E-state index contributed by atoms with van der Waals surface area (Å²) in [6.07, 6.45) is 5.40. The summed E-state index contributed by atoms with van der Waals surface area (Å²) in [7, 11) is 0. The van der Waals surface area contributed by atoms with E-state index in [0.717, 1.165) is 6.54 Å². The maximum atomic E-state index is 11.8. The first-order valence-corrected chi connectivity index (χ1v) is 7.68. The van der Waals surface area contributed by atoms with E-state index in [1.807, 2.05) is 10.8 Å². The molecular formula is C15H17Cl2N3O2. The summed E-state index contributed by atoms with van der Waals surface area (Å²) < 4.78 is 1.91. The number of carbonyl (C=O) groups is 1. The zero-order chi connectivity index (χ0) is 15.9. The van der Waals surface area contributed by atoms with Gasteiger partial charge in [0.05, 0.1) is 12.4 Å². The number of aliphatic hydroxyl groups excluding tert-OH is 1. The van der Waals surface area contributed by atoms with E-state index in [0.29, 0.717) is 28.5 Å². The molecule has 1 aromatic heterocycles. The first-order chi connectivity index (χ1) is 10.6. The first-order valence-electron chi connectivity index (χ1n) is 6.92. The number of hydrogen-bond acceptors (Lipinski definition) is 3. The van der Waals surface area contributed by atoms with E-state index < -0.39 is 6.10 Å². The van der Waals surface area contributed by atoms with Crippen LogP contribution in [0.3, 0.4) is 0 Å². The van der Waals surface area contributed by atoms with Gasteiger partial charge in [0.25, 0.3) is 0 Å². The van der Waals surface area contributed by atoms with Crippen molar-refractivity contribution >= 4 is 29.1 Å². The van der Waals surface area contributed by atoms with Crippen molar-refractivity contribution < 1.29 is 9.90 Å². The number of rotatable bonds is 7. The zero-order valence-corrected chi connectivity index (χ0v) is 13.4. The van der Waals surface area contributed by atoms with Crippen LogP contribution in [-0.2, 0) is 11.3 Å². The van der Waals surface area contributed by atoms with E-state index in [2.05, 4.69) is 10.3 Å². The van der Waals surface area contributed by atoms with Gasteiger partial charge in [0, 0.05) is 47.5 Å². The molecule has 0 spiro atoms. The van der Waals surface area contributed by atoms with E-state index >= 15 is 0 Å². The quantitative estimate of drug-likeness (QED) is 0.813. The van der Waals surface area contributed by atoms with E-state index in [1.54, 1.807) is 30.7 Å². The summed E-state index contributed by atoms with van der Waals surface area (Å²) in [4.78, 5) is 15.7. The molecule has 2 N–H and O–H groups in total. The predicted molar refractivity (Wildman–Crippen MR) is 85.9 cm³/mol. The molecule has 1 aromatic carbocycles. The molecule has 2 aromatic rings. The normalized spacial score (nSPS) is 12.1. The molecule has 118 valence electrons. The van der Waals surface area contributed by atoms with Gasteiger partial charge in [-0.15, -0.1) is 0 Å². The van der Waals surface area contributed by atoms with Gasteiger partial charge in [-0.25, -0.2) is 4.98 Å². The molecule has 1 amide bonds. The van der Waals surface area contributed by atoms with E-state index in [9.17, 15) is 9.90 Å². The maximum absolute atomic E-state index is 11.8. The number of amides is 1. The molecule has 1 unspecified atom stereocenters. The minimum Gasteiger partial charge on any atom is -0.386 e. The topological polar surface area (TPSA) is 67.2 Å². The predicted octanol–water partition coefficient (Wildman–Crippen LogP) is 2.82. The maximum Gasteiger partial charge on any atom is 0.220 e. The van der Waals surface area contributed by atoms with Crippen LogP contribution >= 0.6 is 23.2 Å². The highest BCUT2D eigenvalue weighted by Gasteiger charge is 2.16. The standard InChI is InChI=1S/C15H17Cl2N3O2/c16-11-3-1-4-12(17)15(11)13(21)9-19-14(22)5-2-7-20-8-6-18-10-20/h1,3-4,6,8,10,13,21H,2,5,7,9H2,(H,19,22). The largest absolute Gasteiger partial charge is 0.386 e. The van der Waals surface area contributed by atoms with Crippen LogP contribution in [0.15, 0.2) is 36.9 Å². The van der Waals surface area contributed by atoms with Gasteiger partial charge in [-0.1, -0.05) is 29.3 Å². The Kier molecular flexibility index (Phi) is 6.24. The number of benzene rings is 1. The Morgan fingerprint density at radius 3 is 2.73 bits per heavy atom. The van der Waals surface area contributed by atoms with Crippen LogP contribution < -0.4 is 5.32 Å². The molecule has 0 aliphatic rings. The summed E-state index contributed by atoms with van der Waals surface area (Å²) in [6, 6.07) is 5.01. The number of nitrogens with one attached hydrogen (secondary N) is 1. The average molecular weight is 342 g/mol. The van der Waals surface area contributed by atoms with E-state index in [1.165, 1.54) is 0 Å². The highest BCUT2D eigenvalue weighted by molar-refractivity contribution is 6.36. The molecule has 0 bridgehead atoms. The Morgan fingerprint density at radius 1 is 1.36 bits per heavy atom.